The fourth-order valence-corrected chi connectivity index (χ4v) is 10.5. The smallest absolute Gasteiger partial charge is 0.0864 e. The van der Waals surface area contributed by atoms with Gasteiger partial charge in [0.05, 0.1) is 24.5 Å². The average molecular weight is 821 g/mol. The van der Waals surface area contributed by atoms with E-state index in [0.717, 1.165) is 6.42 Å². The van der Waals surface area contributed by atoms with Gasteiger partial charge >= 0.3 is 0 Å². The fourth-order valence-electron chi connectivity index (χ4n) is 10.5. The number of fused-ring (bicyclic) bond motifs is 1. The molecule has 63 heavy (non-hydrogen) atoms. The minimum atomic E-state index is -0.0454. The Balaban J connectivity index is 0.946. The molecule has 3 N–H and O–H groups in total. The van der Waals surface area contributed by atoms with Crippen molar-refractivity contribution >= 4 is 16.5 Å². The summed E-state index contributed by atoms with van der Waals surface area (Å²) in [5, 5.41) is 13.9. The highest BCUT2D eigenvalue weighted by molar-refractivity contribution is 6.05. The minimum absolute atomic E-state index is 0.00748. The van der Waals surface area contributed by atoms with Crippen molar-refractivity contribution in [3.63, 3.8) is 0 Å². The van der Waals surface area contributed by atoms with Gasteiger partial charge in [-0.2, -0.15) is 0 Å². The summed E-state index contributed by atoms with van der Waals surface area (Å²) in [5.41, 5.74) is 13.7. The van der Waals surface area contributed by atoms with Gasteiger partial charge in [0.15, 0.2) is 0 Å². The molecule has 8 aromatic carbocycles. The summed E-state index contributed by atoms with van der Waals surface area (Å²) in [5.74, 6) is 1.49. The molecule has 7 atom stereocenters. The van der Waals surface area contributed by atoms with Gasteiger partial charge in [-0.05, 0) is 90.6 Å². The maximum atomic E-state index is 5.75. The van der Waals surface area contributed by atoms with E-state index in [1.165, 1.54) is 72.1 Å². The molecule has 1 fully saturated rings. The Morgan fingerprint density at radius 3 is 1.24 bits per heavy atom. The number of benzene rings is 8. The highest BCUT2D eigenvalue weighted by atomic mass is 15.4. The van der Waals surface area contributed by atoms with Gasteiger partial charge in [-0.15, -0.1) is 0 Å². The zero-order valence-electron chi connectivity index (χ0n) is 36.4. The van der Waals surface area contributed by atoms with Crippen molar-refractivity contribution in [1.29, 1.82) is 0 Å². The zero-order valence-corrected chi connectivity index (χ0v) is 36.4. The summed E-state index contributed by atoms with van der Waals surface area (Å²) in [6.45, 7) is 7.22. The van der Waals surface area contributed by atoms with Crippen molar-refractivity contribution in [3.05, 3.63) is 240 Å². The molecule has 312 valence electrons. The van der Waals surface area contributed by atoms with Crippen LogP contribution in [-0.2, 0) is 0 Å². The van der Waals surface area contributed by atoms with Crippen LogP contribution in [0, 0.1) is 17.8 Å². The quantitative estimate of drug-likeness (QED) is 0.136. The van der Waals surface area contributed by atoms with Gasteiger partial charge in [0, 0.05) is 11.6 Å². The third-order valence-electron chi connectivity index (χ3n) is 14.0. The van der Waals surface area contributed by atoms with Crippen LogP contribution in [0.1, 0.15) is 91.0 Å². The first-order valence-corrected chi connectivity index (χ1v) is 22.8. The third-order valence-corrected chi connectivity index (χ3v) is 14.0. The van der Waals surface area contributed by atoms with Crippen LogP contribution in [-0.4, -0.2) is 5.71 Å². The Morgan fingerprint density at radius 2 is 0.778 bits per heavy atom. The standard InChI is InChI=1S/C59H56N4/c1-4-49-54(43-19-9-5-10-20-43)39(2)40(3)55(60-56(49)44-21-11-6-12-22-44)45-33-29-41(30-34-45)50-37-38-51(53-28-18-17-27-52(50)53)42-31-35-48(36-32-42)59-62-57(46-23-13-7-14-24-46)61-58(63-59)47-25-15-8-16-26-47/h5-40,49,54-55,57-59,61-63H,4H2,1-3H3. The molecule has 2 aliphatic heterocycles. The van der Waals surface area contributed by atoms with Crippen LogP contribution in [0.2, 0.25) is 0 Å². The molecule has 0 amide bonds. The first-order valence-electron chi connectivity index (χ1n) is 22.8. The summed E-state index contributed by atoms with van der Waals surface area (Å²) in [6, 6.07) is 75.3. The van der Waals surface area contributed by atoms with E-state index in [0.29, 0.717) is 23.7 Å². The van der Waals surface area contributed by atoms with Crippen molar-refractivity contribution in [2.24, 2.45) is 22.7 Å². The van der Waals surface area contributed by atoms with Gasteiger partial charge < -0.3 is 0 Å². The maximum absolute atomic E-state index is 5.75. The van der Waals surface area contributed by atoms with E-state index in [2.05, 4.69) is 243 Å². The Labute approximate surface area is 373 Å². The van der Waals surface area contributed by atoms with Crippen LogP contribution in [0.3, 0.4) is 0 Å². The number of rotatable bonds is 9. The predicted molar refractivity (Wildman–Crippen MR) is 262 cm³/mol. The van der Waals surface area contributed by atoms with Crippen LogP contribution < -0.4 is 16.0 Å². The second kappa shape index (κ2) is 18.1. The molecule has 1 saturated heterocycles. The SMILES string of the molecule is CCC1C(c2ccccc2)=NC(c2ccc(-c3ccc(-c4ccc(C5NC(c6ccccc6)NC(c6ccccc6)N5)cc4)c4ccccc34)cc2)C(C)C(C)C1c1ccccc1. The van der Waals surface area contributed by atoms with Gasteiger partial charge in [-0.3, -0.25) is 20.9 Å². The Bertz CT molecular complexity index is 2740. The van der Waals surface area contributed by atoms with Gasteiger partial charge in [0.25, 0.3) is 0 Å². The lowest BCUT2D eigenvalue weighted by molar-refractivity contribution is 0.203. The highest BCUT2D eigenvalue weighted by Crippen LogP contribution is 2.48. The molecule has 0 aliphatic carbocycles. The van der Waals surface area contributed by atoms with Crippen LogP contribution in [0.25, 0.3) is 33.0 Å². The van der Waals surface area contributed by atoms with Crippen molar-refractivity contribution < 1.29 is 0 Å². The molecule has 2 aliphatic rings. The summed E-state index contributed by atoms with van der Waals surface area (Å²) in [6.07, 6.45) is 0.982. The molecule has 7 unspecified atom stereocenters. The minimum Gasteiger partial charge on any atom is -0.280 e. The molecule has 8 aromatic rings. The summed E-state index contributed by atoms with van der Waals surface area (Å²) in [7, 11) is 0. The molecule has 4 nitrogen and oxygen atoms in total. The van der Waals surface area contributed by atoms with Gasteiger partial charge in [-0.1, -0.05) is 227 Å². The first-order chi connectivity index (χ1) is 31.0. The zero-order chi connectivity index (χ0) is 42.7. The molecule has 0 bridgehead atoms. The van der Waals surface area contributed by atoms with Crippen LogP contribution in [0.5, 0.6) is 0 Å². The third kappa shape index (κ3) is 8.19. The van der Waals surface area contributed by atoms with Gasteiger partial charge in [0.2, 0.25) is 0 Å². The highest BCUT2D eigenvalue weighted by Gasteiger charge is 2.40. The van der Waals surface area contributed by atoms with Crippen molar-refractivity contribution in [1.82, 2.24) is 16.0 Å². The van der Waals surface area contributed by atoms with E-state index >= 15 is 0 Å². The summed E-state index contributed by atoms with van der Waals surface area (Å²) >= 11 is 0. The van der Waals surface area contributed by atoms with Gasteiger partial charge in [-0.25, -0.2) is 0 Å². The molecule has 4 heteroatoms. The van der Waals surface area contributed by atoms with E-state index in [4.69, 9.17) is 4.99 Å². The van der Waals surface area contributed by atoms with Crippen LogP contribution >= 0.6 is 0 Å². The van der Waals surface area contributed by atoms with E-state index in [1.54, 1.807) is 0 Å². The largest absolute Gasteiger partial charge is 0.280 e. The second-order valence-electron chi connectivity index (χ2n) is 17.6. The van der Waals surface area contributed by atoms with E-state index < -0.39 is 0 Å². The molecular formula is C59H56N4. The topological polar surface area (TPSA) is 48.5 Å². The molecule has 0 spiro atoms. The van der Waals surface area contributed by atoms with Crippen molar-refractivity contribution in [3.8, 4) is 22.3 Å². The fraction of sp³-hybridized carbons (Fsp3) is 0.203. The second-order valence-corrected chi connectivity index (χ2v) is 17.6. The normalized spacial score (nSPS) is 23.8. The Morgan fingerprint density at radius 1 is 0.381 bits per heavy atom. The summed E-state index contributed by atoms with van der Waals surface area (Å²) < 4.78 is 0. The number of nitrogens with one attached hydrogen (secondary N) is 3. The molecule has 2 heterocycles. The molecule has 0 aromatic heterocycles. The lowest BCUT2D eigenvalue weighted by Gasteiger charge is -2.39. The van der Waals surface area contributed by atoms with Crippen molar-refractivity contribution in [2.75, 3.05) is 0 Å². The van der Waals surface area contributed by atoms with Crippen LogP contribution in [0.4, 0.5) is 0 Å². The predicted octanol–water partition coefficient (Wildman–Crippen LogP) is 14.0. The Hall–Kier alpha value is -6.43. The van der Waals surface area contributed by atoms with E-state index in [1.807, 2.05) is 0 Å². The number of hydrogen-bond donors (Lipinski definition) is 3. The molecular weight excluding hydrogens is 765 g/mol. The number of aliphatic imine (C=N–C) groups is 1. The van der Waals surface area contributed by atoms with E-state index in [9.17, 15) is 0 Å². The monoisotopic (exact) mass is 820 g/mol. The number of nitrogens with zero attached hydrogens (tertiary/aromatic N) is 1. The molecule has 0 radical (unpaired) electrons. The molecule has 0 saturated carbocycles. The Kier molecular flexibility index (Phi) is 11.7. The maximum Gasteiger partial charge on any atom is 0.0864 e. The number of hydrogen-bond acceptors (Lipinski definition) is 4. The lowest BCUT2D eigenvalue weighted by Crippen LogP contribution is -2.54. The summed E-state index contributed by atoms with van der Waals surface area (Å²) in [4.78, 5) is 5.75. The lowest BCUT2D eigenvalue weighted by atomic mass is 9.69. The van der Waals surface area contributed by atoms with E-state index in [-0.39, 0.29) is 24.5 Å². The van der Waals surface area contributed by atoms with Gasteiger partial charge in [0.1, 0.15) is 0 Å². The average Bonchev–Trinajstić information content (AvgIpc) is 3.47. The van der Waals surface area contributed by atoms with Crippen molar-refractivity contribution in [2.45, 2.75) is 57.6 Å². The first kappa shape index (κ1) is 40.6. The molecule has 10 rings (SSSR count). The van der Waals surface area contributed by atoms with Crippen LogP contribution in [0.15, 0.2) is 211 Å².